The van der Waals surface area contributed by atoms with Crippen LogP contribution in [0.4, 0.5) is 0 Å². The summed E-state index contributed by atoms with van der Waals surface area (Å²) in [5, 5.41) is 3.90. The number of rotatable bonds is 5. The molecule has 102 valence electrons. The van der Waals surface area contributed by atoms with E-state index in [-0.39, 0.29) is 17.9 Å². The monoisotopic (exact) mass is 270 g/mol. The van der Waals surface area contributed by atoms with Crippen LogP contribution >= 0.6 is 11.8 Å². The van der Waals surface area contributed by atoms with Crippen LogP contribution in [0, 0.1) is 0 Å². The molecule has 0 aromatic heterocycles. The number of carbonyl (C=O) groups excluding carboxylic acids is 2. The van der Waals surface area contributed by atoms with Crippen LogP contribution < -0.4 is 5.32 Å². The minimum atomic E-state index is -0.272. The summed E-state index contributed by atoms with van der Waals surface area (Å²) in [7, 11) is 0. The first-order valence-electron chi connectivity index (χ1n) is 6.91. The zero-order valence-corrected chi connectivity index (χ0v) is 11.8. The van der Waals surface area contributed by atoms with Crippen LogP contribution in [0.5, 0.6) is 0 Å². The summed E-state index contributed by atoms with van der Waals surface area (Å²) in [5.74, 6) is 1.18. The Balaban J connectivity index is 1.79. The Kier molecular flexibility index (Phi) is 5.06. The third-order valence-electron chi connectivity index (χ3n) is 3.56. The zero-order valence-electron chi connectivity index (χ0n) is 11.0. The summed E-state index contributed by atoms with van der Waals surface area (Å²) in [6.07, 6.45) is 5.01. The maximum absolute atomic E-state index is 12.0. The third-order valence-corrected chi connectivity index (χ3v) is 4.96. The first kappa shape index (κ1) is 13.9. The molecule has 0 bridgehead atoms. The quantitative estimate of drug-likeness (QED) is 0.767. The Hall–Kier alpha value is -0.550. The highest BCUT2D eigenvalue weighted by molar-refractivity contribution is 7.99. The highest BCUT2D eigenvalue weighted by Crippen LogP contribution is 2.24. The van der Waals surface area contributed by atoms with Crippen LogP contribution in [0.1, 0.15) is 39.0 Å². The van der Waals surface area contributed by atoms with Crippen molar-refractivity contribution in [1.82, 2.24) is 10.2 Å². The molecule has 2 heterocycles. The molecule has 0 saturated carbocycles. The van der Waals surface area contributed by atoms with Crippen LogP contribution in [0.25, 0.3) is 0 Å². The fourth-order valence-corrected chi connectivity index (χ4v) is 3.79. The van der Waals surface area contributed by atoms with Gasteiger partial charge in [-0.2, -0.15) is 11.8 Å². The van der Waals surface area contributed by atoms with E-state index in [2.05, 4.69) is 5.32 Å². The molecule has 18 heavy (non-hydrogen) atoms. The first-order chi connectivity index (χ1) is 8.72. The minimum Gasteiger partial charge on any atom is -0.304 e. The SMILES string of the molecule is CCCN1C(=O)CC(NCC2CCCCS2)C1=O. The lowest BCUT2D eigenvalue weighted by atomic mass is 10.1. The smallest absolute Gasteiger partial charge is 0.246 e. The van der Waals surface area contributed by atoms with Crippen molar-refractivity contribution in [3.8, 4) is 0 Å². The summed E-state index contributed by atoms with van der Waals surface area (Å²) >= 11 is 1.99. The molecule has 2 fully saturated rings. The van der Waals surface area contributed by atoms with Gasteiger partial charge < -0.3 is 5.32 Å². The molecule has 5 heteroatoms. The number of hydrogen-bond acceptors (Lipinski definition) is 4. The molecule has 0 spiro atoms. The number of hydrogen-bond donors (Lipinski definition) is 1. The second kappa shape index (κ2) is 6.57. The average Bonchev–Trinajstić information content (AvgIpc) is 2.66. The highest BCUT2D eigenvalue weighted by Gasteiger charge is 2.37. The van der Waals surface area contributed by atoms with Crippen molar-refractivity contribution in [2.45, 2.75) is 50.3 Å². The van der Waals surface area contributed by atoms with E-state index in [0.29, 0.717) is 18.2 Å². The van der Waals surface area contributed by atoms with Gasteiger partial charge >= 0.3 is 0 Å². The van der Waals surface area contributed by atoms with Gasteiger partial charge in [-0.15, -0.1) is 0 Å². The van der Waals surface area contributed by atoms with E-state index in [1.54, 1.807) is 0 Å². The second-order valence-electron chi connectivity index (χ2n) is 5.04. The van der Waals surface area contributed by atoms with E-state index in [0.717, 1.165) is 13.0 Å². The van der Waals surface area contributed by atoms with E-state index in [4.69, 9.17) is 0 Å². The van der Waals surface area contributed by atoms with Crippen LogP contribution in [-0.4, -0.2) is 46.8 Å². The Morgan fingerprint density at radius 1 is 1.39 bits per heavy atom. The molecule has 2 unspecified atom stereocenters. The lowest BCUT2D eigenvalue weighted by Gasteiger charge is -2.23. The van der Waals surface area contributed by atoms with Crippen LogP contribution in [0.2, 0.25) is 0 Å². The van der Waals surface area contributed by atoms with Crippen LogP contribution in [0.3, 0.4) is 0 Å². The van der Waals surface area contributed by atoms with Crippen molar-refractivity contribution in [2.24, 2.45) is 0 Å². The predicted molar refractivity (Wildman–Crippen MR) is 73.5 cm³/mol. The van der Waals surface area contributed by atoms with Gasteiger partial charge in [0.1, 0.15) is 0 Å². The number of nitrogens with zero attached hydrogens (tertiary/aromatic N) is 1. The average molecular weight is 270 g/mol. The van der Waals surface area contributed by atoms with Crippen LogP contribution in [-0.2, 0) is 9.59 Å². The molecule has 2 saturated heterocycles. The standard InChI is InChI=1S/C13H22N2O2S/c1-2-6-15-12(16)8-11(13(15)17)14-9-10-5-3-4-7-18-10/h10-11,14H,2-9H2,1H3. The fraction of sp³-hybridized carbons (Fsp3) is 0.846. The molecule has 2 atom stereocenters. The molecule has 2 aliphatic heterocycles. The highest BCUT2D eigenvalue weighted by atomic mass is 32.2. The fourth-order valence-electron chi connectivity index (χ4n) is 2.54. The van der Waals surface area contributed by atoms with Crippen LogP contribution in [0.15, 0.2) is 0 Å². The maximum atomic E-state index is 12.0. The van der Waals surface area contributed by atoms with Crippen molar-refractivity contribution in [3.05, 3.63) is 0 Å². The van der Waals surface area contributed by atoms with Gasteiger partial charge in [0.05, 0.1) is 12.5 Å². The predicted octanol–water partition coefficient (Wildman–Crippen LogP) is 1.40. The third kappa shape index (κ3) is 3.26. The normalized spacial score (nSPS) is 29.1. The van der Waals surface area contributed by atoms with E-state index in [9.17, 15) is 9.59 Å². The zero-order chi connectivity index (χ0) is 13.0. The van der Waals surface area contributed by atoms with E-state index in [1.807, 2.05) is 18.7 Å². The molecular formula is C13H22N2O2S. The van der Waals surface area contributed by atoms with Gasteiger partial charge in [-0.05, 0) is 25.0 Å². The maximum Gasteiger partial charge on any atom is 0.246 e. The second-order valence-corrected chi connectivity index (χ2v) is 6.45. The number of carbonyl (C=O) groups is 2. The van der Waals surface area contributed by atoms with Gasteiger partial charge in [0.25, 0.3) is 0 Å². The van der Waals surface area contributed by atoms with E-state index >= 15 is 0 Å². The van der Waals surface area contributed by atoms with E-state index < -0.39 is 0 Å². The minimum absolute atomic E-state index is 0.0179. The van der Waals surface area contributed by atoms with Crippen molar-refractivity contribution in [3.63, 3.8) is 0 Å². The van der Waals surface area contributed by atoms with Crippen molar-refractivity contribution in [1.29, 1.82) is 0 Å². The lowest BCUT2D eigenvalue weighted by molar-refractivity contribution is -0.138. The molecule has 2 aliphatic rings. The van der Waals surface area contributed by atoms with Crippen molar-refractivity contribution >= 4 is 23.6 Å². The first-order valence-corrected chi connectivity index (χ1v) is 7.96. The Labute approximate surface area is 113 Å². The van der Waals surface area contributed by atoms with Crippen molar-refractivity contribution < 1.29 is 9.59 Å². The summed E-state index contributed by atoms with van der Waals surface area (Å²) < 4.78 is 0. The summed E-state index contributed by atoms with van der Waals surface area (Å²) in [4.78, 5) is 25.1. The Morgan fingerprint density at radius 2 is 2.22 bits per heavy atom. The summed E-state index contributed by atoms with van der Waals surface area (Å²) in [5.41, 5.74) is 0. The molecule has 0 aromatic rings. The van der Waals surface area contributed by atoms with Gasteiger partial charge in [-0.3, -0.25) is 14.5 Å². The Morgan fingerprint density at radius 3 is 2.89 bits per heavy atom. The summed E-state index contributed by atoms with van der Waals surface area (Å²) in [6.45, 7) is 3.41. The topological polar surface area (TPSA) is 49.4 Å². The number of likely N-dealkylation sites (tertiary alicyclic amines) is 1. The molecule has 0 aromatic carbocycles. The lowest BCUT2D eigenvalue weighted by Crippen LogP contribution is -2.41. The number of nitrogens with one attached hydrogen (secondary N) is 1. The van der Waals surface area contributed by atoms with Gasteiger partial charge in [0.15, 0.2) is 0 Å². The van der Waals surface area contributed by atoms with Gasteiger partial charge in [0, 0.05) is 18.3 Å². The number of imide groups is 1. The summed E-state index contributed by atoms with van der Waals surface area (Å²) in [6, 6.07) is -0.272. The van der Waals surface area contributed by atoms with Gasteiger partial charge in [0.2, 0.25) is 11.8 Å². The largest absolute Gasteiger partial charge is 0.304 e. The van der Waals surface area contributed by atoms with Crippen molar-refractivity contribution in [2.75, 3.05) is 18.8 Å². The molecule has 0 aliphatic carbocycles. The molecule has 2 rings (SSSR count). The van der Waals surface area contributed by atoms with Gasteiger partial charge in [-0.1, -0.05) is 13.3 Å². The molecule has 4 nitrogen and oxygen atoms in total. The molecule has 2 amide bonds. The van der Waals surface area contributed by atoms with Gasteiger partial charge in [-0.25, -0.2) is 0 Å². The van der Waals surface area contributed by atoms with E-state index in [1.165, 1.54) is 29.9 Å². The number of amides is 2. The molecule has 0 radical (unpaired) electrons. The molecule has 1 N–H and O–H groups in total. The number of thioether (sulfide) groups is 1. The Bertz CT molecular complexity index is 316. The molecular weight excluding hydrogens is 248 g/mol.